The fourth-order valence-corrected chi connectivity index (χ4v) is 1.41. The second-order valence-electron chi connectivity index (χ2n) is 3.74. The molecule has 0 aliphatic carbocycles. The zero-order valence-electron chi connectivity index (χ0n) is 9.75. The first-order chi connectivity index (χ1) is 8.33. The lowest BCUT2D eigenvalue weighted by Crippen LogP contribution is -2.04. The molecule has 1 aromatic rings. The Morgan fingerprint density at radius 3 is 2.82 bits per heavy atom. The molecule has 0 aromatic heterocycles. The summed E-state index contributed by atoms with van der Waals surface area (Å²) in [6.45, 7) is 1.22. The largest absolute Gasteiger partial charge is 0.389 e. The van der Waals surface area contributed by atoms with Crippen LogP contribution in [0.3, 0.4) is 0 Å². The smallest absolute Gasteiger partial charge is 0.0909 e. The van der Waals surface area contributed by atoms with E-state index in [0.29, 0.717) is 19.6 Å². The summed E-state index contributed by atoms with van der Waals surface area (Å²) < 4.78 is 5.47. The highest BCUT2D eigenvalue weighted by molar-refractivity contribution is 5.13. The monoisotopic (exact) mass is 231 g/mol. The van der Waals surface area contributed by atoms with Gasteiger partial charge in [-0.15, -0.1) is 0 Å². The molecule has 90 valence electrons. The van der Waals surface area contributed by atoms with Crippen molar-refractivity contribution in [2.45, 2.75) is 25.6 Å². The van der Waals surface area contributed by atoms with E-state index < -0.39 is 6.10 Å². The molecule has 1 N–H and O–H groups in total. The predicted octanol–water partition coefficient (Wildman–Crippen LogP) is 2.42. The van der Waals surface area contributed by atoms with Crippen molar-refractivity contribution in [1.29, 1.82) is 5.26 Å². The van der Waals surface area contributed by atoms with Crippen LogP contribution in [-0.2, 0) is 11.3 Å². The van der Waals surface area contributed by atoms with Crippen molar-refractivity contribution in [2.24, 2.45) is 0 Å². The van der Waals surface area contributed by atoms with E-state index >= 15 is 0 Å². The first-order valence-corrected chi connectivity index (χ1v) is 5.69. The Hall–Kier alpha value is -1.63. The van der Waals surface area contributed by atoms with Gasteiger partial charge in [0.2, 0.25) is 0 Å². The van der Waals surface area contributed by atoms with Gasteiger partial charge in [-0.25, -0.2) is 0 Å². The van der Waals surface area contributed by atoms with Crippen molar-refractivity contribution in [1.82, 2.24) is 0 Å². The van der Waals surface area contributed by atoms with Crippen LogP contribution in [0.1, 0.15) is 18.4 Å². The number of nitriles is 1. The van der Waals surface area contributed by atoms with E-state index in [9.17, 15) is 5.11 Å². The number of rotatable bonds is 7. The maximum absolute atomic E-state index is 9.40. The molecule has 0 bridgehead atoms. The van der Waals surface area contributed by atoms with Crippen LogP contribution in [0.15, 0.2) is 42.5 Å². The van der Waals surface area contributed by atoms with Gasteiger partial charge in [-0.2, -0.15) is 5.26 Å². The number of benzene rings is 1. The minimum atomic E-state index is -0.546. The minimum absolute atomic E-state index is 0.546. The second kappa shape index (κ2) is 8.51. The van der Waals surface area contributed by atoms with Crippen LogP contribution in [-0.4, -0.2) is 17.8 Å². The van der Waals surface area contributed by atoms with Crippen LogP contribution in [0, 0.1) is 11.3 Å². The van der Waals surface area contributed by atoms with Crippen LogP contribution >= 0.6 is 0 Å². The van der Waals surface area contributed by atoms with E-state index in [2.05, 4.69) is 0 Å². The highest BCUT2D eigenvalue weighted by Crippen LogP contribution is 2.03. The Bertz CT molecular complexity index is 368. The molecular formula is C14H17NO2. The summed E-state index contributed by atoms with van der Waals surface area (Å²) in [5, 5.41) is 17.7. The Kier molecular flexibility index (Phi) is 6.73. The summed E-state index contributed by atoms with van der Waals surface area (Å²) in [5.74, 6) is 0. The Morgan fingerprint density at radius 2 is 2.12 bits per heavy atom. The van der Waals surface area contributed by atoms with Gasteiger partial charge in [-0.3, -0.25) is 0 Å². The van der Waals surface area contributed by atoms with Crippen molar-refractivity contribution in [3.63, 3.8) is 0 Å². The number of aliphatic hydroxyl groups excluding tert-OH is 1. The van der Waals surface area contributed by atoms with Crippen molar-refractivity contribution < 1.29 is 9.84 Å². The molecule has 1 unspecified atom stereocenters. The maximum atomic E-state index is 9.40. The third-order valence-corrected chi connectivity index (χ3v) is 2.29. The molecule has 3 nitrogen and oxygen atoms in total. The van der Waals surface area contributed by atoms with Gasteiger partial charge >= 0.3 is 0 Å². The van der Waals surface area contributed by atoms with Gasteiger partial charge in [-0.1, -0.05) is 30.3 Å². The molecule has 0 aliphatic heterocycles. The molecule has 3 heteroatoms. The fraction of sp³-hybridized carbons (Fsp3) is 0.357. The predicted molar refractivity (Wildman–Crippen MR) is 66.1 cm³/mol. The van der Waals surface area contributed by atoms with Gasteiger partial charge in [0.05, 0.1) is 18.8 Å². The highest BCUT2D eigenvalue weighted by Gasteiger charge is 1.98. The number of aliphatic hydroxyl groups is 1. The minimum Gasteiger partial charge on any atom is -0.389 e. The summed E-state index contributed by atoms with van der Waals surface area (Å²) in [7, 11) is 0. The van der Waals surface area contributed by atoms with Crippen molar-refractivity contribution >= 4 is 0 Å². The van der Waals surface area contributed by atoms with E-state index in [-0.39, 0.29) is 0 Å². The number of nitrogens with zero attached hydrogens (tertiary/aromatic N) is 1. The molecule has 1 rings (SSSR count). The van der Waals surface area contributed by atoms with Crippen LogP contribution in [0.5, 0.6) is 0 Å². The second-order valence-corrected chi connectivity index (χ2v) is 3.74. The third-order valence-electron chi connectivity index (χ3n) is 2.29. The molecule has 0 aliphatic rings. The van der Waals surface area contributed by atoms with Crippen molar-refractivity contribution in [2.75, 3.05) is 6.61 Å². The van der Waals surface area contributed by atoms with E-state index in [1.165, 1.54) is 12.2 Å². The lowest BCUT2D eigenvalue weighted by molar-refractivity contribution is 0.106. The molecule has 1 atom stereocenters. The number of hydrogen-bond acceptors (Lipinski definition) is 3. The Balaban J connectivity index is 2.05. The summed E-state index contributed by atoms with van der Waals surface area (Å²) in [6.07, 6.45) is 3.65. The first kappa shape index (κ1) is 13.4. The molecule has 0 amide bonds. The van der Waals surface area contributed by atoms with Gasteiger partial charge in [0.25, 0.3) is 0 Å². The summed E-state index contributed by atoms with van der Waals surface area (Å²) in [4.78, 5) is 0. The van der Waals surface area contributed by atoms with E-state index in [0.717, 1.165) is 12.0 Å². The molecular weight excluding hydrogens is 214 g/mol. The van der Waals surface area contributed by atoms with E-state index in [4.69, 9.17) is 10.00 Å². The molecule has 1 aromatic carbocycles. The number of allylic oxidation sites excluding steroid dienone is 1. The van der Waals surface area contributed by atoms with Crippen molar-refractivity contribution in [3.05, 3.63) is 48.0 Å². The van der Waals surface area contributed by atoms with E-state index in [1.807, 2.05) is 36.4 Å². The van der Waals surface area contributed by atoms with Crippen LogP contribution in [0.25, 0.3) is 0 Å². The lowest BCUT2D eigenvalue weighted by atomic mass is 10.2. The van der Waals surface area contributed by atoms with Gasteiger partial charge in [0.1, 0.15) is 0 Å². The fourth-order valence-electron chi connectivity index (χ4n) is 1.41. The first-order valence-electron chi connectivity index (χ1n) is 5.69. The average Bonchev–Trinajstić information content (AvgIpc) is 2.37. The van der Waals surface area contributed by atoms with Gasteiger partial charge in [-0.05, 0) is 24.5 Å². The van der Waals surface area contributed by atoms with Crippen LogP contribution < -0.4 is 0 Å². The molecule has 17 heavy (non-hydrogen) atoms. The van der Waals surface area contributed by atoms with Gasteiger partial charge in [0, 0.05) is 12.7 Å². The zero-order chi connectivity index (χ0) is 12.3. The topological polar surface area (TPSA) is 53.2 Å². The number of ether oxygens (including phenoxy) is 1. The molecule has 0 saturated carbocycles. The lowest BCUT2D eigenvalue weighted by Gasteiger charge is -2.06. The Morgan fingerprint density at radius 1 is 1.35 bits per heavy atom. The van der Waals surface area contributed by atoms with E-state index in [1.54, 1.807) is 0 Å². The van der Waals surface area contributed by atoms with Gasteiger partial charge < -0.3 is 9.84 Å². The van der Waals surface area contributed by atoms with Crippen molar-refractivity contribution in [3.8, 4) is 6.07 Å². The number of hydrogen-bond donors (Lipinski definition) is 1. The molecule has 0 saturated heterocycles. The average molecular weight is 231 g/mol. The molecule has 0 heterocycles. The maximum Gasteiger partial charge on any atom is 0.0909 e. The van der Waals surface area contributed by atoms with Gasteiger partial charge in [0.15, 0.2) is 0 Å². The zero-order valence-corrected chi connectivity index (χ0v) is 9.75. The summed E-state index contributed by atoms with van der Waals surface area (Å²) in [6, 6.07) is 11.8. The molecule has 0 spiro atoms. The quantitative estimate of drug-likeness (QED) is 0.579. The molecule has 0 fully saturated rings. The normalized spacial score (nSPS) is 12.5. The highest BCUT2D eigenvalue weighted by atomic mass is 16.5. The van der Waals surface area contributed by atoms with Crippen LogP contribution in [0.2, 0.25) is 0 Å². The SMILES string of the molecule is N#C/C=C/C(O)CCCOCc1ccccc1. The summed E-state index contributed by atoms with van der Waals surface area (Å²) >= 11 is 0. The third kappa shape index (κ3) is 6.52. The van der Waals surface area contributed by atoms with Crippen LogP contribution in [0.4, 0.5) is 0 Å². The molecule has 0 radical (unpaired) electrons. The standard InChI is InChI=1S/C14H17NO2/c15-10-4-8-14(16)9-5-11-17-12-13-6-2-1-3-7-13/h1-4,6-8,14,16H,5,9,11-12H2/b8-4+. The summed E-state index contributed by atoms with van der Waals surface area (Å²) in [5.41, 5.74) is 1.15. The Labute approximate surface area is 102 Å².